The van der Waals surface area contributed by atoms with Crippen molar-refractivity contribution in [2.75, 3.05) is 0 Å². The van der Waals surface area contributed by atoms with Crippen molar-refractivity contribution in [3.05, 3.63) is 29.7 Å². The van der Waals surface area contributed by atoms with Crippen LogP contribution in [0.3, 0.4) is 0 Å². The lowest BCUT2D eigenvalue weighted by atomic mass is 10.2. The summed E-state index contributed by atoms with van der Waals surface area (Å²) in [5.74, 6) is -1.64. The summed E-state index contributed by atoms with van der Waals surface area (Å²) in [6.07, 6.45) is 0.681. The highest BCUT2D eigenvalue weighted by molar-refractivity contribution is 7.86. The maximum atomic E-state index is 13.1. The molecule has 2 rings (SSSR count). The number of aryl methyl sites for hydroxylation is 1. The molecular formula is C10H10F2N4O6S2. The Bertz CT molecular complexity index is 958. The van der Waals surface area contributed by atoms with Crippen LogP contribution in [0, 0.1) is 6.92 Å². The zero-order valence-electron chi connectivity index (χ0n) is 11.7. The highest BCUT2D eigenvalue weighted by atomic mass is 32.2. The Labute approximate surface area is 134 Å². The largest absolute Gasteiger partial charge is 0.296 e. The van der Waals surface area contributed by atoms with Gasteiger partial charge in [0.2, 0.25) is 5.95 Å². The minimum Gasteiger partial charge on any atom is -0.282 e. The number of nitrogens with zero attached hydrogens (tertiary/aromatic N) is 2. The van der Waals surface area contributed by atoms with Gasteiger partial charge in [-0.05, 0) is 24.6 Å². The first-order chi connectivity index (χ1) is 10.9. The van der Waals surface area contributed by atoms with Gasteiger partial charge >= 0.3 is 0 Å². The first-order valence-corrected chi connectivity index (χ1v) is 8.80. The minimum atomic E-state index is -4.96. The second-order valence-corrected chi connectivity index (χ2v) is 7.34. The van der Waals surface area contributed by atoms with Crippen LogP contribution >= 0.6 is 0 Å². The number of hydrazine groups is 2. The molecule has 0 aliphatic carbocycles. The maximum Gasteiger partial charge on any atom is 0.296 e. The molecular weight excluding hydrogens is 374 g/mol. The highest BCUT2D eigenvalue weighted by Crippen LogP contribution is 2.31. The first kappa shape index (κ1) is 18.2. The molecule has 1 aromatic rings. The number of aliphatic imine (C=N–C) groups is 1. The molecule has 0 bridgehead atoms. The minimum absolute atomic E-state index is 0.107. The van der Waals surface area contributed by atoms with Crippen LogP contribution in [-0.2, 0) is 20.2 Å². The smallest absolute Gasteiger partial charge is 0.282 e. The van der Waals surface area contributed by atoms with Gasteiger partial charge in [0.25, 0.3) is 20.2 Å². The molecule has 0 aromatic heterocycles. The second-order valence-electron chi connectivity index (χ2n) is 4.53. The van der Waals surface area contributed by atoms with E-state index >= 15 is 0 Å². The predicted molar refractivity (Wildman–Crippen MR) is 76.3 cm³/mol. The van der Waals surface area contributed by atoms with Gasteiger partial charge in [0, 0.05) is 11.4 Å². The first-order valence-electron chi connectivity index (χ1n) is 5.92. The van der Waals surface area contributed by atoms with Gasteiger partial charge in [0.1, 0.15) is 10.7 Å². The molecule has 0 saturated carbocycles. The number of hydrogen-bond donors (Lipinski definition) is 4. The lowest BCUT2D eigenvalue weighted by Crippen LogP contribution is -2.47. The van der Waals surface area contributed by atoms with Crippen molar-refractivity contribution in [3.63, 3.8) is 0 Å². The zero-order chi connectivity index (χ0) is 18.3. The van der Waals surface area contributed by atoms with Crippen LogP contribution < -0.4 is 10.9 Å². The van der Waals surface area contributed by atoms with Crippen molar-refractivity contribution in [2.45, 2.75) is 16.7 Å². The quantitative estimate of drug-likeness (QED) is 0.333. The van der Waals surface area contributed by atoms with Crippen LogP contribution in [0.15, 0.2) is 38.9 Å². The topological polar surface area (TPSA) is 148 Å². The van der Waals surface area contributed by atoms with Crippen LogP contribution in [-0.4, -0.2) is 37.1 Å². The van der Waals surface area contributed by atoms with E-state index in [1.165, 1.54) is 6.92 Å². The van der Waals surface area contributed by atoms with Crippen molar-refractivity contribution in [1.29, 1.82) is 0 Å². The molecule has 4 N–H and O–H groups in total. The molecule has 0 fully saturated rings. The van der Waals surface area contributed by atoms with Gasteiger partial charge in [0.15, 0.2) is 0 Å². The summed E-state index contributed by atoms with van der Waals surface area (Å²) >= 11 is 0. The Balaban J connectivity index is 2.73. The second kappa shape index (κ2) is 6.06. The normalized spacial score (nSPS) is 18.0. The van der Waals surface area contributed by atoms with E-state index in [2.05, 4.69) is 4.99 Å². The molecule has 14 heteroatoms. The molecule has 0 unspecified atom stereocenters. The molecule has 132 valence electrons. The summed E-state index contributed by atoms with van der Waals surface area (Å²) in [5.41, 5.74) is 2.88. The number of rotatable bonds is 3. The number of benzene rings is 1. The van der Waals surface area contributed by atoms with Crippen molar-refractivity contribution in [1.82, 2.24) is 16.2 Å². The van der Waals surface area contributed by atoms with Gasteiger partial charge in [0.05, 0.1) is 10.6 Å². The van der Waals surface area contributed by atoms with E-state index in [0.29, 0.717) is 12.1 Å². The molecule has 0 atom stereocenters. The monoisotopic (exact) mass is 384 g/mol. The van der Waals surface area contributed by atoms with Gasteiger partial charge in [-0.3, -0.25) is 14.5 Å². The van der Waals surface area contributed by atoms with E-state index in [0.717, 1.165) is 6.07 Å². The number of hydrogen-bond acceptors (Lipinski definition) is 7. The van der Waals surface area contributed by atoms with Gasteiger partial charge < -0.3 is 0 Å². The van der Waals surface area contributed by atoms with E-state index < -0.39 is 52.8 Å². The molecule has 10 nitrogen and oxygen atoms in total. The SMILES string of the molecule is Cc1cc(S(=O)(=O)O)cc(S(=O)(=O)O)c1N=C1C=C(F)NN(F)N1. The maximum absolute atomic E-state index is 13.1. The Hall–Kier alpha value is -2.13. The third-order valence-corrected chi connectivity index (χ3v) is 4.43. The van der Waals surface area contributed by atoms with Crippen LogP contribution in [0.2, 0.25) is 0 Å². The van der Waals surface area contributed by atoms with Crippen molar-refractivity contribution >= 4 is 31.8 Å². The summed E-state index contributed by atoms with van der Waals surface area (Å²) in [5, 5.41) is -0.400. The fourth-order valence-electron chi connectivity index (χ4n) is 1.79. The van der Waals surface area contributed by atoms with E-state index in [1.807, 2.05) is 5.43 Å². The Morgan fingerprint density at radius 2 is 1.75 bits per heavy atom. The molecule has 1 aliphatic rings. The van der Waals surface area contributed by atoms with Crippen molar-refractivity contribution < 1.29 is 34.8 Å². The van der Waals surface area contributed by atoms with Crippen LogP contribution in [0.1, 0.15) is 5.56 Å². The van der Waals surface area contributed by atoms with Gasteiger partial charge in [-0.1, -0.05) is 4.48 Å². The molecule has 0 saturated heterocycles. The zero-order valence-corrected chi connectivity index (χ0v) is 13.4. The Morgan fingerprint density at radius 3 is 2.25 bits per heavy atom. The summed E-state index contributed by atoms with van der Waals surface area (Å²) in [7, 11) is -9.73. The fourth-order valence-corrected chi connectivity index (χ4v) is 3.18. The van der Waals surface area contributed by atoms with Gasteiger partial charge in [-0.2, -0.15) is 21.2 Å². The molecule has 1 heterocycles. The predicted octanol–water partition coefficient (Wildman–Crippen LogP) is 0.539. The highest BCUT2D eigenvalue weighted by Gasteiger charge is 2.24. The van der Waals surface area contributed by atoms with Crippen LogP contribution in [0.4, 0.5) is 14.6 Å². The van der Waals surface area contributed by atoms with Crippen LogP contribution in [0.25, 0.3) is 0 Å². The lowest BCUT2D eigenvalue weighted by Gasteiger charge is -2.19. The average molecular weight is 384 g/mol. The fraction of sp³-hybridized carbons (Fsp3) is 0.100. The van der Waals surface area contributed by atoms with Crippen molar-refractivity contribution in [2.24, 2.45) is 4.99 Å². The lowest BCUT2D eigenvalue weighted by molar-refractivity contribution is -0.0612. The number of halogens is 2. The van der Waals surface area contributed by atoms with E-state index in [4.69, 9.17) is 4.55 Å². The van der Waals surface area contributed by atoms with Crippen molar-refractivity contribution in [3.8, 4) is 0 Å². The molecule has 0 amide bonds. The molecule has 1 aromatic carbocycles. The molecule has 0 radical (unpaired) electrons. The average Bonchev–Trinajstić information content (AvgIpc) is 2.37. The summed E-state index contributed by atoms with van der Waals surface area (Å²) in [4.78, 5) is 1.89. The molecule has 1 aliphatic heterocycles. The number of nitrogens with one attached hydrogen (secondary N) is 2. The van der Waals surface area contributed by atoms with Crippen LogP contribution in [0.5, 0.6) is 0 Å². The van der Waals surface area contributed by atoms with Gasteiger partial charge in [-0.15, -0.1) is 0 Å². The van der Waals surface area contributed by atoms with Gasteiger partial charge in [-0.25, -0.2) is 10.4 Å². The summed E-state index contributed by atoms with van der Waals surface area (Å²) < 4.78 is 89.6. The number of amidine groups is 1. The third kappa shape index (κ3) is 4.04. The Kier molecular flexibility index (Phi) is 4.60. The summed E-state index contributed by atoms with van der Waals surface area (Å²) in [6, 6.07) is 1.34. The summed E-state index contributed by atoms with van der Waals surface area (Å²) in [6.45, 7) is 1.22. The standard InChI is InChI=1S/C10H10F2N4O6S2/c1-5-2-6(23(17,18)19)3-7(24(20,21)22)10(5)13-9-4-8(11)14-16(12)15-9/h2-4,14H,1H3,(H,13,15)(H,17,18,19)(H,20,21,22). The van der Waals surface area contributed by atoms with E-state index in [9.17, 15) is 30.3 Å². The third-order valence-electron chi connectivity index (χ3n) is 2.73. The molecule has 24 heavy (non-hydrogen) atoms. The van der Waals surface area contributed by atoms with E-state index in [-0.39, 0.29) is 5.56 Å². The Morgan fingerprint density at radius 1 is 1.12 bits per heavy atom. The molecule has 0 spiro atoms. The van der Waals surface area contributed by atoms with E-state index in [1.54, 1.807) is 5.43 Å².